The summed E-state index contributed by atoms with van der Waals surface area (Å²) in [6.45, 7) is -0.414. The number of nitrogens with one attached hydrogen (secondary N) is 1. The molecule has 2 aromatic heterocycles. The third-order valence-corrected chi connectivity index (χ3v) is 9.61. The van der Waals surface area contributed by atoms with Gasteiger partial charge in [-0.3, -0.25) is 0 Å². The van der Waals surface area contributed by atoms with Crippen molar-refractivity contribution in [2.45, 2.75) is 17.5 Å². The number of sulfone groups is 1. The second kappa shape index (κ2) is 10.9. The fourth-order valence-electron chi connectivity index (χ4n) is 3.89. The van der Waals surface area contributed by atoms with Gasteiger partial charge in [0.05, 0.1) is 22.5 Å². The molecule has 3 aromatic carbocycles. The van der Waals surface area contributed by atoms with Gasteiger partial charge < -0.3 is 4.42 Å². The summed E-state index contributed by atoms with van der Waals surface area (Å²) in [6, 6.07) is 19.9. The highest BCUT2D eigenvalue weighted by atomic mass is 35.5. The number of nitrogens with zero attached hydrogens (tertiary/aromatic N) is 3. The summed E-state index contributed by atoms with van der Waals surface area (Å²) in [6.07, 6.45) is 0. The zero-order valence-corrected chi connectivity index (χ0v) is 23.7. The second-order valence-corrected chi connectivity index (χ2v) is 13.9. The van der Waals surface area contributed by atoms with Gasteiger partial charge in [0.15, 0.2) is 15.1 Å². The van der Waals surface area contributed by atoms with Crippen LogP contribution in [0.5, 0.6) is 0 Å². The summed E-state index contributed by atoms with van der Waals surface area (Å²) in [7, 11) is -8.12. The van der Waals surface area contributed by atoms with Gasteiger partial charge in [-0.1, -0.05) is 59.6 Å². The van der Waals surface area contributed by atoms with E-state index in [-0.39, 0.29) is 26.8 Å². The Labute approximate surface area is 237 Å². The van der Waals surface area contributed by atoms with Gasteiger partial charge in [0.1, 0.15) is 5.01 Å². The number of hydrogen-bond donors (Lipinski definition) is 2. The molecule has 1 atom stereocenters. The van der Waals surface area contributed by atoms with Crippen LogP contribution in [0.15, 0.2) is 71.1 Å². The fraction of sp³-hybridized carbons (Fsp3) is 0.125. The van der Waals surface area contributed by atoms with Gasteiger partial charge in [-0.2, -0.15) is 13.1 Å². The lowest BCUT2D eigenvalue weighted by molar-refractivity contribution is 0.443. The molecular formula is C24H19Cl2N5O5S3. The number of hydrogen-bond acceptors (Lipinski definition) is 9. The highest BCUT2D eigenvalue weighted by Gasteiger charge is 2.37. The van der Waals surface area contributed by atoms with Crippen molar-refractivity contribution in [3.63, 3.8) is 0 Å². The predicted octanol–water partition coefficient (Wildman–Crippen LogP) is 4.65. The standard InChI is InChI=1S/C24H19Cl2N5O5S3/c25-17-8-14(9-18(26)11-17)13-38(32,33)22(23-31-30-21(36-23)12-28-39(27,34)35)24-29-19-7-6-16(10-20(19)37-24)15-4-2-1-3-5-15/h1-11,22,28H,12-13H2,(H2,27,34,35). The first-order valence-electron chi connectivity index (χ1n) is 11.2. The minimum Gasteiger partial charge on any atom is -0.422 e. The van der Waals surface area contributed by atoms with Crippen LogP contribution in [0.3, 0.4) is 0 Å². The average molecular weight is 625 g/mol. The van der Waals surface area contributed by atoms with Crippen molar-refractivity contribution in [3.05, 3.63) is 99.1 Å². The molecule has 0 aliphatic heterocycles. The Hall–Kier alpha value is -2.91. The van der Waals surface area contributed by atoms with Gasteiger partial charge in [0.2, 0.25) is 11.8 Å². The number of aromatic nitrogens is 3. The number of halogens is 2. The van der Waals surface area contributed by atoms with E-state index in [4.69, 9.17) is 32.8 Å². The van der Waals surface area contributed by atoms with Crippen LogP contribution in [0.1, 0.15) is 27.6 Å². The van der Waals surface area contributed by atoms with Crippen LogP contribution in [0.4, 0.5) is 0 Å². The largest absolute Gasteiger partial charge is 0.422 e. The molecule has 202 valence electrons. The number of rotatable bonds is 9. The van der Waals surface area contributed by atoms with E-state index in [2.05, 4.69) is 15.2 Å². The average Bonchev–Trinajstić information content (AvgIpc) is 3.48. The van der Waals surface area contributed by atoms with E-state index in [1.807, 2.05) is 53.3 Å². The third kappa shape index (κ3) is 6.64. The van der Waals surface area contributed by atoms with E-state index in [1.165, 1.54) is 29.5 Å². The lowest BCUT2D eigenvalue weighted by Gasteiger charge is -2.12. The normalized spacial score (nSPS) is 13.1. The van der Waals surface area contributed by atoms with Crippen LogP contribution in [0.25, 0.3) is 21.3 Å². The quantitative estimate of drug-likeness (QED) is 0.240. The van der Waals surface area contributed by atoms with E-state index < -0.39 is 37.6 Å². The molecule has 0 aliphatic rings. The van der Waals surface area contributed by atoms with Gasteiger partial charge in [-0.15, -0.1) is 21.5 Å². The first-order chi connectivity index (χ1) is 18.5. The van der Waals surface area contributed by atoms with E-state index in [9.17, 15) is 16.8 Å². The molecule has 0 aliphatic carbocycles. The van der Waals surface area contributed by atoms with Crippen molar-refractivity contribution < 1.29 is 21.3 Å². The summed E-state index contributed by atoms with van der Waals surface area (Å²) in [4.78, 5) is 4.59. The zero-order chi connectivity index (χ0) is 27.8. The Morgan fingerprint density at radius 3 is 2.33 bits per heavy atom. The van der Waals surface area contributed by atoms with E-state index in [0.717, 1.165) is 15.8 Å². The summed E-state index contributed by atoms with van der Waals surface area (Å²) < 4.78 is 58.6. The van der Waals surface area contributed by atoms with Gasteiger partial charge >= 0.3 is 0 Å². The molecule has 0 bridgehead atoms. The minimum absolute atomic E-state index is 0.169. The topological polar surface area (TPSA) is 158 Å². The Kier molecular flexibility index (Phi) is 7.75. The molecule has 5 rings (SSSR count). The van der Waals surface area contributed by atoms with E-state index >= 15 is 0 Å². The van der Waals surface area contributed by atoms with Gasteiger partial charge in [0, 0.05) is 10.0 Å². The molecule has 10 nitrogen and oxygen atoms in total. The molecular weight excluding hydrogens is 605 g/mol. The van der Waals surface area contributed by atoms with Gasteiger partial charge in [-0.05, 0) is 47.0 Å². The van der Waals surface area contributed by atoms with Crippen LogP contribution < -0.4 is 9.86 Å². The number of benzene rings is 3. The van der Waals surface area contributed by atoms with Crippen LogP contribution in [0, 0.1) is 0 Å². The van der Waals surface area contributed by atoms with E-state index in [0.29, 0.717) is 11.1 Å². The fourth-order valence-corrected chi connectivity index (χ4v) is 7.92. The second-order valence-electron chi connectivity index (χ2n) is 8.47. The third-order valence-electron chi connectivity index (χ3n) is 5.52. The maximum Gasteiger partial charge on any atom is 0.274 e. The molecule has 15 heteroatoms. The van der Waals surface area contributed by atoms with Crippen molar-refractivity contribution in [2.75, 3.05) is 0 Å². The summed E-state index contributed by atoms with van der Waals surface area (Å²) in [5, 5.41) is 12.0. The monoisotopic (exact) mass is 623 g/mol. The van der Waals surface area contributed by atoms with Crippen molar-refractivity contribution in [3.8, 4) is 11.1 Å². The zero-order valence-electron chi connectivity index (χ0n) is 19.8. The molecule has 0 spiro atoms. The maximum absolute atomic E-state index is 13.8. The Morgan fingerprint density at radius 2 is 1.64 bits per heavy atom. The first-order valence-corrected chi connectivity index (χ1v) is 16.0. The van der Waals surface area contributed by atoms with Crippen LogP contribution in [-0.2, 0) is 32.3 Å². The lowest BCUT2D eigenvalue weighted by atomic mass is 10.1. The van der Waals surface area contributed by atoms with Crippen LogP contribution in [0.2, 0.25) is 10.0 Å². The Bertz CT molecular complexity index is 1860. The molecule has 0 amide bonds. The minimum atomic E-state index is -4.08. The molecule has 0 radical (unpaired) electrons. The molecule has 0 saturated carbocycles. The molecule has 39 heavy (non-hydrogen) atoms. The first kappa shape index (κ1) is 27.6. The summed E-state index contributed by atoms with van der Waals surface area (Å²) in [5.41, 5.74) is 2.90. The summed E-state index contributed by atoms with van der Waals surface area (Å²) >= 11 is 13.4. The van der Waals surface area contributed by atoms with Crippen LogP contribution in [-0.4, -0.2) is 32.0 Å². The molecule has 3 N–H and O–H groups in total. The number of thiazole rings is 1. The SMILES string of the molecule is NS(=O)(=O)NCc1nnc(C(c2nc3ccc(-c4ccccc4)cc3s2)S(=O)(=O)Cc2cc(Cl)cc(Cl)c2)o1. The molecule has 5 aromatic rings. The van der Waals surface area contributed by atoms with Gasteiger partial charge in [0.25, 0.3) is 10.2 Å². The smallest absolute Gasteiger partial charge is 0.274 e. The Balaban J connectivity index is 1.57. The number of nitrogens with two attached hydrogens (primary N) is 1. The van der Waals surface area contributed by atoms with Crippen molar-refractivity contribution in [2.24, 2.45) is 5.14 Å². The molecule has 2 heterocycles. The maximum atomic E-state index is 13.8. The lowest BCUT2D eigenvalue weighted by Crippen LogP contribution is -2.30. The van der Waals surface area contributed by atoms with Crippen LogP contribution >= 0.6 is 34.5 Å². The van der Waals surface area contributed by atoms with Crippen molar-refractivity contribution >= 4 is 64.8 Å². The van der Waals surface area contributed by atoms with Gasteiger partial charge in [-0.25, -0.2) is 18.5 Å². The van der Waals surface area contributed by atoms with Crippen molar-refractivity contribution in [1.29, 1.82) is 0 Å². The van der Waals surface area contributed by atoms with E-state index in [1.54, 1.807) is 0 Å². The van der Waals surface area contributed by atoms with Crippen molar-refractivity contribution in [1.82, 2.24) is 19.9 Å². The molecule has 1 unspecified atom stereocenters. The number of fused-ring (bicyclic) bond motifs is 1. The Morgan fingerprint density at radius 1 is 0.923 bits per heavy atom. The predicted molar refractivity (Wildman–Crippen MR) is 150 cm³/mol. The molecule has 0 saturated heterocycles. The molecule has 0 fully saturated rings. The highest BCUT2D eigenvalue weighted by molar-refractivity contribution is 7.91. The summed E-state index contributed by atoms with van der Waals surface area (Å²) in [5.74, 6) is -0.884. The highest BCUT2D eigenvalue weighted by Crippen LogP contribution is 2.38.